The van der Waals surface area contributed by atoms with Gasteiger partial charge >= 0.3 is 0 Å². The van der Waals surface area contributed by atoms with Crippen molar-refractivity contribution in [2.24, 2.45) is 0 Å². The van der Waals surface area contributed by atoms with Gasteiger partial charge in [-0.15, -0.1) is 0 Å². The van der Waals surface area contributed by atoms with Crippen LogP contribution in [-0.4, -0.2) is 19.5 Å². The molecule has 0 bridgehead atoms. The monoisotopic (exact) mass is 792 g/mol. The molecule has 0 saturated carbocycles. The molecule has 0 unspecified atom stereocenters. The van der Waals surface area contributed by atoms with E-state index in [1.807, 2.05) is 24.3 Å². The smallest absolute Gasteiger partial charge is 0.164 e. The van der Waals surface area contributed by atoms with Crippen LogP contribution in [0.25, 0.3) is 117 Å². The number of nitrogens with zero attached hydrogens (tertiary/aromatic N) is 4. The van der Waals surface area contributed by atoms with Crippen LogP contribution in [0.5, 0.6) is 0 Å². The Balaban J connectivity index is 1.09. The lowest BCUT2D eigenvalue weighted by Gasteiger charge is -2.12. The highest BCUT2D eigenvalue weighted by molar-refractivity contribution is 6.26. The lowest BCUT2D eigenvalue weighted by Crippen LogP contribution is -2.00. The first-order chi connectivity index (χ1) is 30.7. The quantitative estimate of drug-likeness (QED) is 0.161. The van der Waals surface area contributed by atoms with Crippen molar-refractivity contribution in [3.63, 3.8) is 0 Å². The number of rotatable bonds is 7. The zero-order valence-electron chi connectivity index (χ0n) is 33.5. The van der Waals surface area contributed by atoms with Crippen LogP contribution in [0.1, 0.15) is 0 Å². The molecule has 290 valence electrons. The average molecular weight is 793 g/mol. The molecule has 0 fully saturated rings. The Hall–Kier alpha value is -8.41. The summed E-state index contributed by atoms with van der Waals surface area (Å²) in [7, 11) is 0. The topological polar surface area (TPSA) is 56.7 Å². The van der Waals surface area contributed by atoms with E-state index in [1.54, 1.807) is 0 Å². The second-order valence-electron chi connectivity index (χ2n) is 15.6. The minimum absolute atomic E-state index is 0.573. The molecule has 0 amide bonds. The van der Waals surface area contributed by atoms with Crippen LogP contribution in [0.4, 0.5) is 0 Å². The Labute approximate surface area is 357 Å². The van der Waals surface area contributed by atoms with Crippen LogP contribution < -0.4 is 0 Å². The summed E-state index contributed by atoms with van der Waals surface area (Å²) < 4.78 is 9.15. The Morgan fingerprint density at radius 3 is 1.44 bits per heavy atom. The molecule has 5 heteroatoms. The molecular weight excluding hydrogens is 757 g/mol. The molecule has 62 heavy (non-hydrogen) atoms. The normalized spacial score (nSPS) is 11.5. The number of aromatic nitrogens is 4. The first kappa shape index (κ1) is 35.5. The summed E-state index contributed by atoms with van der Waals surface area (Å²) in [6.07, 6.45) is 0. The molecule has 12 aromatic rings. The maximum absolute atomic E-state index is 6.76. The number of fused-ring (bicyclic) bond motifs is 7. The summed E-state index contributed by atoms with van der Waals surface area (Å²) in [4.78, 5) is 15.7. The molecule has 0 atom stereocenters. The maximum atomic E-state index is 6.76. The van der Waals surface area contributed by atoms with Gasteiger partial charge in [-0.05, 0) is 69.8 Å². The van der Waals surface area contributed by atoms with Gasteiger partial charge in [0.1, 0.15) is 11.2 Å². The van der Waals surface area contributed by atoms with Gasteiger partial charge in [0.05, 0.1) is 16.4 Å². The Morgan fingerprint density at radius 2 is 0.806 bits per heavy atom. The molecule has 3 aromatic heterocycles. The van der Waals surface area contributed by atoms with Crippen molar-refractivity contribution in [2.75, 3.05) is 0 Å². The highest BCUT2D eigenvalue weighted by atomic mass is 16.3. The molecule has 0 saturated heterocycles. The lowest BCUT2D eigenvalue weighted by atomic mass is 10.0. The number of para-hydroxylation sites is 1. The van der Waals surface area contributed by atoms with Crippen LogP contribution >= 0.6 is 0 Å². The van der Waals surface area contributed by atoms with Gasteiger partial charge in [-0.3, -0.25) is 0 Å². The van der Waals surface area contributed by atoms with E-state index in [9.17, 15) is 0 Å². The predicted octanol–water partition coefficient (Wildman–Crippen LogP) is 14.9. The molecule has 0 aliphatic rings. The number of hydrogen-bond acceptors (Lipinski definition) is 4. The van der Waals surface area contributed by atoms with E-state index >= 15 is 0 Å². The first-order valence-corrected chi connectivity index (χ1v) is 20.8. The molecule has 0 aliphatic carbocycles. The third-order valence-electron chi connectivity index (χ3n) is 11.9. The van der Waals surface area contributed by atoms with Gasteiger partial charge in [0.2, 0.25) is 0 Å². The van der Waals surface area contributed by atoms with Crippen LogP contribution in [0.3, 0.4) is 0 Å². The van der Waals surface area contributed by atoms with Crippen molar-refractivity contribution < 1.29 is 4.42 Å². The molecule has 0 radical (unpaired) electrons. The summed E-state index contributed by atoms with van der Waals surface area (Å²) in [6.45, 7) is 0. The Bertz CT molecular complexity index is 3490. The highest BCUT2D eigenvalue weighted by Crippen LogP contribution is 2.44. The van der Waals surface area contributed by atoms with Crippen LogP contribution in [0, 0.1) is 0 Å². The van der Waals surface area contributed by atoms with Gasteiger partial charge in [-0.2, -0.15) is 0 Å². The second-order valence-corrected chi connectivity index (χ2v) is 15.6. The van der Waals surface area contributed by atoms with Crippen molar-refractivity contribution in [3.8, 4) is 73.2 Å². The fraction of sp³-hybridized carbons (Fsp3) is 0. The number of hydrogen-bond donors (Lipinski definition) is 0. The Kier molecular flexibility index (Phi) is 8.42. The van der Waals surface area contributed by atoms with E-state index in [2.05, 4.69) is 199 Å². The molecule has 0 spiro atoms. The molecular formula is C57H36N4O. The van der Waals surface area contributed by atoms with Crippen molar-refractivity contribution >= 4 is 43.7 Å². The zero-order chi connectivity index (χ0) is 41.0. The average Bonchev–Trinajstić information content (AvgIpc) is 3.91. The SMILES string of the molecule is c1ccc(-c2ccc(-c3nc(-c4ccc(-c5ccccc5)cc4)nc(-c4cccc5oc6ccc7c8ccccc8n(-c8cccc(-c9ccccc9)c8)c7c6c45)n3)cc2)cc1. The zero-order valence-corrected chi connectivity index (χ0v) is 33.5. The van der Waals surface area contributed by atoms with Gasteiger partial charge in [-0.25, -0.2) is 15.0 Å². The predicted molar refractivity (Wildman–Crippen MR) is 254 cm³/mol. The van der Waals surface area contributed by atoms with Gasteiger partial charge < -0.3 is 8.98 Å². The van der Waals surface area contributed by atoms with E-state index in [-0.39, 0.29) is 0 Å². The van der Waals surface area contributed by atoms with E-state index < -0.39 is 0 Å². The van der Waals surface area contributed by atoms with E-state index in [0.717, 1.165) is 88.6 Å². The van der Waals surface area contributed by atoms with E-state index in [4.69, 9.17) is 19.4 Å². The fourth-order valence-electron chi connectivity index (χ4n) is 8.91. The molecule has 3 heterocycles. The third-order valence-corrected chi connectivity index (χ3v) is 11.9. The van der Waals surface area contributed by atoms with Crippen molar-refractivity contribution in [1.82, 2.24) is 19.5 Å². The number of benzene rings is 9. The molecule has 0 N–H and O–H groups in total. The largest absolute Gasteiger partial charge is 0.456 e. The molecule has 12 rings (SSSR count). The van der Waals surface area contributed by atoms with Gasteiger partial charge in [-0.1, -0.05) is 182 Å². The van der Waals surface area contributed by atoms with Gasteiger partial charge in [0.25, 0.3) is 0 Å². The van der Waals surface area contributed by atoms with Gasteiger partial charge in [0.15, 0.2) is 17.5 Å². The van der Waals surface area contributed by atoms with E-state index in [0.29, 0.717) is 17.5 Å². The summed E-state index contributed by atoms with van der Waals surface area (Å²) in [5.74, 6) is 1.76. The molecule has 5 nitrogen and oxygen atoms in total. The van der Waals surface area contributed by atoms with Crippen molar-refractivity contribution in [2.45, 2.75) is 0 Å². The fourth-order valence-corrected chi connectivity index (χ4v) is 8.91. The summed E-state index contributed by atoms with van der Waals surface area (Å²) in [5, 5.41) is 4.28. The van der Waals surface area contributed by atoms with Gasteiger partial charge in [0, 0.05) is 38.5 Å². The first-order valence-electron chi connectivity index (χ1n) is 20.8. The second kappa shape index (κ2) is 14.7. The molecule has 9 aromatic carbocycles. The van der Waals surface area contributed by atoms with Crippen LogP contribution in [-0.2, 0) is 0 Å². The van der Waals surface area contributed by atoms with Crippen molar-refractivity contribution in [3.05, 3.63) is 218 Å². The minimum atomic E-state index is 0.573. The Morgan fingerprint density at radius 1 is 0.323 bits per heavy atom. The lowest BCUT2D eigenvalue weighted by molar-refractivity contribution is 0.669. The number of furan rings is 1. The summed E-state index contributed by atoms with van der Waals surface area (Å²) >= 11 is 0. The van der Waals surface area contributed by atoms with E-state index in [1.165, 1.54) is 10.9 Å². The standard InChI is InChI=1S/C57H36N4O/c1-4-14-37(15-5-1)40-26-30-42(31-27-40)55-58-56(43-32-28-41(29-33-43)38-16-6-2-7-17-38)60-57(59-55)48-23-13-25-50-52(48)53-51(62-50)35-34-47-46-22-10-11-24-49(46)61(54(47)53)45-21-12-20-44(36-45)39-18-8-3-9-19-39/h1-36H. The van der Waals surface area contributed by atoms with Crippen LogP contribution in [0.15, 0.2) is 223 Å². The summed E-state index contributed by atoms with van der Waals surface area (Å²) in [5.41, 5.74) is 14.4. The van der Waals surface area contributed by atoms with Crippen LogP contribution in [0.2, 0.25) is 0 Å². The third kappa shape index (κ3) is 6.06. The highest BCUT2D eigenvalue weighted by Gasteiger charge is 2.23. The molecule has 0 aliphatic heterocycles. The minimum Gasteiger partial charge on any atom is -0.456 e. The maximum Gasteiger partial charge on any atom is 0.164 e. The summed E-state index contributed by atoms with van der Waals surface area (Å²) in [6, 6.07) is 76.2. The van der Waals surface area contributed by atoms with Crippen molar-refractivity contribution in [1.29, 1.82) is 0 Å².